The summed E-state index contributed by atoms with van der Waals surface area (Å²) in [5.74, 6) is 0. The Hall–Kier alpha value is -1.67. The zero-order valence-electron chi connectivity index (χ0n) is 11.9. The molecule has 2 aromatic rings. The van der Waals surface area contributed by atoms with Crippen molar-refractivity contribution in [2.45, 2.75) is 19.5 Å². The molecule has 1 fully saturated rings. The van der Waals surface area contributed by atoms with Gasteiger partial charge in [0, 0.05) is 24.5 Å². The number of rotatable bonds is 2. The Labute approximate surface area is 125 Å². The molecule has 0 aliphatic carbocycles. The predicted molar refractivity (Wildman–Crippen MR) is 86.7 cm³/mol. The lowest BCUT2D eigenvalue weighted by atomic mass is 10.2. The zero-order valence-corrected chi connectivity index (χ0v) is 12.6. The molecule has 0 saturated carbocycles. The topological polar surface area (TPSA) is 6.48 Å². The summed E-state index contributed by atoms with van der Waals surface area (Å²) in [6.45, 7) is 6.17. The van der Waals surface area contributed by atoms with Crippen LogP contribution >= 0.6 is 11.6 Å². The van der Waals surface area contributed by atoms with E-state index >= 15 is 0 Å². The van der Waals surface area contributed by atoms with Gasteiger partial charge in [-0.25, -0.2) is 0 Å². The van der Waals surface area contributed by atoms with Crippen molar-refractivity contribution >= 4 is 23.0 Å². The van der Waals surface area contributed by atoms with Crippen LogP contribution in [0.3, 0.4) is 0 Å². The van der Waals surface area contributed by atoms with Crippen molar-refractivity contribution in [1.82, 2.24) is 0 Å². The summed E-state index contributed by atoms with van der Waals surface area (Å²) in [4.78, 5) is 4.53. The minimum atomic E-state index is -0.128. The van der Waals surface area contributed by atoms with Crippen LogP contribution in [0.15, 0.2) is 48.5 Å². The molecule has 3 rings (SSSR count). The van der Waals surface area contributed by atoms with Crippen LogP contribution in [0.1, 0.15) is 11.1 Å². The first-order valence-electron chi connectivity index (χ1n) is 6.97. The lowest BCUT2D eigenvalue weighted by Gasteiger charge is -2.29. The van der Waals surface area contributed by atoms with Gasteiger partial charge in [-0.3, -0.25) is 0 Å². The monoisotopic (exact) mass is 286 g/mol. The third-order valence-electron chi connectivity index (χ3n) is 3.95. The molecule has 3 heteroatoms. The maximum Gasteiger partial charge on any atom is 0.180 e. The highest BCUT2D eigenvalue weighted by Crippen LogP contribution is 2.33. The van der Waals surface area contributed by atoms with E-state index < -0.39 is 0 Å². The summed E-state index contributed by atoms with van der Waals surface area (Å²) in [6.07, 6.45) is 0. The van der Waals surface area contributed by atoms with Crippen LogP contribution in [0.25, 0.3) is 0 Å². The number of para-hydroxylation sites is 2. The van der Waals surface area contributed by atoms with Gasteiger partial charge in [-0.05, 0) is 37.1 Å². The number of nitrogens with zero attached hydrogens (tertiary/aromatic N) is 2. The summed E-state index contributed by atoms with van der Waals surface area (Å²) in [6, 6.07) is 16.8. The molecule has 2 aromatic carbocycles. The Morgan fingerprint density at radius 1 is 0.800 bits per heavy atom. The molecule has 0 spiro atoms. The molecule has 0 N–H and O–H groups in total. The number of alkyl halides is 1. The highest BCUT2D eigenvalue weighted by Gasteiger charge is 2.31. The Balaban J connectivity index is 1.90. The predicted octanol–water partition coefficient (Wildman–Crippen LogP) is 4.15. The molecule has 1 aliphatic heterocycles. The zero-order chi connectivity index (χ0) is 14.1. The van der Waals surface area contributed by atoms with E-state index in [9.17, 15) is 0 Å². The number of halogens is 1. The third kappa shape index (κ3) is 2.25. The van der Waals surface area contributed by atoms with Crippen molar-refractivity contribution in [1.29, 1.82) is 0 Å². The third-order valence-corrected chi connectivity index (χ3v) is 4.42. The van der Waals surface area contributed by atoms with E-state index in [0.717, 1.165) is 13.1 Å². The van der Waals surface area contributed by atoms with Crippen LogP contribution in [-0.4, -0.2) is 18.7 Å². The van der Waals surface area contributed by atoms with Gasteiger partial charge in [-0.1, -0.05) is 48.0 Å². The molecular weight excluding hydrogens is 268 g/mol. The standard InChI is InChI=1S/C17H19ClN2/c1-13-7-3-5-9-15(13)19-11-12-20(17(19)18)16-10-6-4-8-14(16)2/h3-10,17H,11-12H2,1-2H3. The van der Waals surface area contributed by atoms with E-state index in [1.54, 1.807) is 0 Å². The molecule has 104 valence electrons. The van der Waals surface area contributed by atoms with Crippen molar-refractivity contribution in [3.8, 4) is 0 Å². The highest BCUT2D eigenvalue weighted by atomic mass is 35.5. The SMILES string of the molecule is Cc1ccccc1N1CCN(c2ccccc2C)C1Cl. The average molecular weight is 287 g/mol. The van der Waals surface area contributed by atoms with Crippen LogP contribution in [0.2, 0.25) is 0 Å². The van der Waals surface area contributed by atoms with Gasteiger partial charge in [0.1, 0.15) is 0 Å². The normalized spacial score (nSPS) is 15.9. The molecule has 0 bridgehead atoms. The second kappa shape index (κ2) is 5.37. The van der Waals surface area contributed by atoms with Gasteiger partial charge >= 0.3 is 0 Å². The lowest BCUT2D eigenvalue weighted by molar-refractivity contribution is 0.869. The summed E-state index contributed by atoms with van der Waals surface area (Å²) in [5, 5.41) is 0. The Bertz CT molecular complexity index is 558. The van der Waals surface area contributed by atoms with E-state index in [2.05, 4.69) is 72.2 Å². The van der Waals surface area contributed by atoms with E-state index in [-0.39, 0.29) is 5.62 Å². The van der Waals surface area contributed by atoms with Crippen LogP contribution in [0, 0.1) is 13.8 Å². The van der Waals surface area contributed by atoms with E-state index in [1.807, 2.05) is 0 Å². The van der Waals surface area contributed by atoms with Crippen molar-refractivity contribution < 1.29 is 0 Å². The molecular formula is C17H19ClN2. The molecule has 0 atom stereocenters. The highest BCUT2D eigenvalue weighted by molar-refractivity contribution is 6.23. The number of anilines is 2. The second-order valence-corrected chi connectivity index (χ2v) is 5.66. The molecule has 2 nitrogen and oxygen atoms in total. The van der Waals surface area contributed by atoms with Gasteiger partial charge < -0.3 is 9.80 Å². The summed E-state index contributed by atoms with van der Waals surface area (Å²) >= 11 is 6.71. The molecule has 1 saturated heterocycles. The summed E-state index contributed by atoms with van der Waals surface area (Å²) in [7, 11) is 0. The van der Waals surface area contributed by atoms with Crippen LogP contribution in [-0.2, 0) is 0 Å². The van der Waals surface area contributed by atoms with Gasteiger partial charge in [0.25, 0.3) is 0 Å². The fourth-order valence-electron chi connectivity index (χ4n) is 2.84. The van der Waals surface area contributed by atoms with Crippen molar-refractivity contribution in [2.75, 3.05) is 22.9 Å². The molecule has 1 aliphatic rings. The van der Waals surface area contributed by atoms with Crippen molar-refractivity contribution in [3.05, 3.63) is 59.7 Å². The Morgan fingerprint density at radius 3 is 1.60 bits per heavy atom. The fraction of sp³-hybridized carbons (Fsp3) is 0.294. The summed E-state index contributed by atoms with van der Waals surface area (Å²) in [5.41, 5.74) is 4.86. The lowest BCUT2D eigenvalue weighted by Crippen LogP contribution is -2.34. The van der Waals surface area contributed by atoms with Crippen LogP contribution < -0.4 is 9.80 Å². The Morgan fingerprint density at radius 2 is 1.20 bits per heavy atom. The minimum absolute atomic E-state index is 0.128. The maximum atomic E-state index is 6.71. The number of hydrogen-bond acceptors (Lipinski definition) is 2. The first-order valence-corrected chi connectivity index (χ1v) is 7.41. The smallest absolute Gasteiger partial charge is 0.180 e. The molecule has 0 amide bonds. The van der Waals surface area contributed by atoms with Gasteiger partial charge in [0.15, 0.2) is 5.62 Å². The van der Waals surface area contributed by atoms with Crippen molar-refractivity contribution in [2.24, 2.45) is 0 Å². The second-order valence-electron chi connectivity index (χ2n) is 5.27. The van der Waals surface area contributed by atoms with Crippen molar-refractivity contribution in [3.63, 3.8) is 0 Å². The number of benzene rings is 2. The van der Waals surface area contributed by atoms with E-state index in [1.165, 1.54) is 22.5 Å². The minimum Gasteiger partial charge on any atom is -0.337 e. The molecule has 0 radical (unpaired) electrons. The number of aryl methyl sites for hydroxylation is 2. The molecule has 20 heavy (non-hydrogen) atoms. The van der Waals surface area contributed by atoms with Gasteiger partial charge in [0.2, 0.25) is 0 Å². The van der Waals surface area contributed by atoms with Crippen LogP contribution in [0.4, 0.5) is 11.4 Å². The first kappa shape index (κ1) is 13.3. The molecule has 0 aromatic heterocycles. The van der Waals surface area contributed by atoms with Crippen LogP contribution in [0.5, 0.6) is 0 Å². The van der Waals surface area contributed by atoms with Gasteiger partial charge in [-0.2, -0.15) is 0 Å². The largest absolute Gasteiger partial charge is 0.337 e. The molecule has 0 unspecified atom stereocenters. The summed E-state index contributed by atoms with van der Waals surface area (Å²) < 4.78 is 0. The van der Waals surface area contributed by atoms with Gasteiger partial charge in [-0.15, -0.1) is 0 Å². The van der Waals surface area contributed by atoms with Gasteiger partial charge in [0.05, 0.1) is 0 Å². The quantitative estimate of drug-likeness (QED) is 0.604. The van der Waals surface area contributed by atoms with E-state index in [0.29, 0.717) is 0 Å². The maximum absolute atomic E-state index is 6.71. The molecule has 1 heterocycles. The number of hydrogen-bond donors (Lipinski definition) is 0. The first-order chi connectivity index (χ1) is 9.68. The Kier molecular flexibility index (Phi) is 3.58. The van der Waals surface area contributed by atoms with E-state index in [4.69, 9.17) is 11.6 Å². The average Bonchev–Trinajstić information content (AvgIpc) is 2.82. The fourth-order valence-corrected chi connectivity index (χ4v) is 3.24.